The highest BCUT2D eigenvalue weighted by Gasteiger charge is 2.14. The third kappa shape index (κ3) is 1.74. The van der Waals surface area contributed by atoms with Crippen molar-refractivity contribution < 1.29 is 9.47 Å². The van der Waals surface area contributed by atoms with Crippen LogP contribution in [0.2, 0.25) is 0 Å². The van der Waals surface area contributed by atoms with E-state index in [-0.39, 0.29) is 0 Å². The van der Waals surface area contributed by atoms with Gasteiger partial charge in [0.2, 0.25) is 0 Å². The fourth-order valence-electron chi connectivity index (χ4n) is 2.42. The Morgan fingerprint density at radius 1 is 0.789 bits per heavy atom. The quantitative estimate of drug-likeness (QED) is 0.661. The van der Waals surface area contributed by atoms with E-state index in [9.17, 15) is 0 Å². The molecule has 2 heterocycles. The molecule has 0 amide bonds. The Morgan fingerprint density at radius 3 is 2.21 bits per heavy atom. The zero-order valence-corrected chi connectivity index (χ0v) is 10.4. The molecule has 0 spiro atoms. The molecule has 0 N–H and O–H groups in total. The van der Waals surface area contributed by atoms with Gasteiger partial charge < -0.3 is 14.0 Å². The Labute approximate surface area is 111 Å². The zero-order chi connectivity index (χ0) is 12.7. The van der Waals surface area contributed by atoms with Crippen LogP contribution < -0.4 is 9.47 Å². The van der Waals surface area contributed by atoms with Gasteiger partial charge >= 0.3 is 0 Å². The number of fused-ring (bicyclic) bond motifs is 2. The first-order valence-electron chi connectivity index (χ1n) is 6.37. The summed E-state index contributed by atoms with van der Waals surface area (Å²) in [5.41, 5.74) is 1.11. The summed E-state index contributed by atoms with van der Waals surface area (Å²) in [7, 11) is 0. The molecule has 3 nitrogen and oxygen atoms in total. The van der Waals surface area contributed by atoms with Crippen molar-refractivity contribution in [2.45, 2.75) is 0 Å². The van der Waals surface area contributed by atoms with E-state index in [1.54, 1.807) is 0 Å². The minimum atomic E-state index is 0.620. The van der Waals surface area contributed by atoms with Crippen LogP contribution in [0.15, 0.2) is 54.9 Å². The van der Waals surface area contributed by atoms with Crippen molar-refractivity contribution in [2.75, 3.05) is 13.2 Å². The fourth-order valence-corrected chi connectivity index (χ4v) is 2.42. The number of rotatable bonds is 1. The van der Waals surface area contributed by atoms with Gasteiger partial charge in [-0.25, -0.2) is 0 Å². The van der Waals surface area contributed by atoms with Crippen molar-refractivity contribution >= 4 is 10.8 Å². The first-order valence-corrected chi connectivity index (χ1v) is 6.37. The molecule has 0 unspecified atom stereocenters. The van der Waals surface area contributed by atoms with Gasteiger partial charge in [0, 0.05) is 5.69 Å². The van der Waals surface area contributed by atoms with E-state index in [4.69, 9.17) is 9.47 Å². The number of ether oxygens (including phenoxy) is 2. The van der Waals surface area contributed by atoms with E-state index in [0.29, 0.717) is 13.2 Å². The molecule has 1 aliphatic rings. The van der Waals surface area contributed by atoms with Crippen LogP contribution in [0.5, 0.6) is 11.5 Å². The summed E-state index contributed by atoms with van der Waals surface area (Å²) in [5, 5.41) is 2.48. The van der Waals surface area contributed by atoms with Crippen LogP contribution in [0, 0.1) is 0 Å². The van der Waals surface area contributed by atoms with Gasteiger partial charge in [-0.1, -0.05) is 30.3 Å². The van der Waals surface area contributed by atoms with E-state index < -0.39 is 0 Å². The van der Waals surface area contributed by atoms with Gasteiger partial charge in [-0.15, -0.1) is 0 Å². The highest BCUT2D eigenvalue weighted by molar-refractivity contribution is 5.84. The number of benzene rings is 2. The summed E-state index contributed by atoms with van der Waals surface area (Å²) < 4.78 is 13.2. The maximum Gasteiger partial charge on any atom is 0.179 e. The van der Waals surface area contributed by atoms with Crippen molar-refractivity contribution in [3.63, 3.8) is 0 Å². The molecule has 0 saturated heterocycles. The van der Waals surface area contributed by atoms with Crippen molar-refractivity contribution in [1.82, 2.24) is 4.57 Å². The Kier molecular flexibility index (Phi) is 2.24. The van der Waals surface area contributed by atoms with Crippen molar-refractivity contribution in [1.29, 1.82) is 0 Å². The van der Waals surface area contributed by atoms with Crippen LogP contribution in [-0.2, 0) is 0 Å². The van der Waals surface area contributed by atoms with Gasteiger partial charge in [-0.3, -0.25) is 0 Å². The van der Waals surface area contributed by atoms with Crippen LogP contribution in [0.4, 0.5) is 0 Å². The third-order valence-corrected chi connectivity index (χ3v) is 3.39. The van der Waals surface area contributed by atoms with Gasteiger partial charge in [0.1, 0.15) is 13.2 Å². The van der Waals surface area contributed by atoms with E-state index in [2.05, 4.69) is 42.5 Å². The predicted octanol–water partition coefficient (Wildman–Crippen LogP) is 3.40. The lowest BCUT2D eigenvalue weighted by Crippen LogP contribution is -2.13. The van der Waals surface area contributed by atoms with Gasteiger partial charge in [-0.05, 0) is 22.9 Å². The molecular formula is C16H13NO2. The number of nitrogens with zero attached hydrogens (tertiary/aromatic N) is 1. The monoisotopic (exact) mass is 251 g/mol. The smallest absolute Gasteiger partial charge is 0.179 e. The normalized spacial score (nSPS) is 13.7. The zero-order valence-electron chi connectivity index (χ0n) is 10.4. The van der Waals surface area contributed by atoms with E-state index >= 15 is 0 Å². The molecule has 0 fully saturated rings. The lowest BCUT2D eigenvalue weighted by atomic mass is 10.1. The highest BCUT2D eigenvalue weighted by Crippen LogP contribution is 2.33. The molecule has 2 aromatic carbocycles. The first-order chi connectivity index (χ1) is 9.40. The van der Waals surface area contributed by atoms with Gasteiger partial charge in [0.25, 0.3) is 0 Å². The van der Waals surface area contributed by atoms with Gasteiger partial charge in [0.05, 0.1) is 12.4 Å². The largest absolute Gasteiger partial charge is 0.485 e. The van der Waals surface area contributed by atoms with E-state index in [1.165, 1.54) is 10.8 Å². The molecule has 0 bridgehead atoms. The Hall–Kier alpha value is -2.42. The second kappa shape index (κ2) is 4.05. The summed E-state index contributed by atoms with van der Waals surface area (Å²) >= 11 is 0. The average molecular weight is 251 g/mol. The molecule has 1 aliphatic heterocycles. The SMILES string of the molecule is c1ccc2cc(-n3cc4c(c3)OCCO4)ccc2c1. The number of hydrogen-bond acceptors (Lipinski definition) is 2. The summed E-state index contributed by atoms with van der Waals surface area (Å²) in [6.45, 7) is 1.24. The molecule has 3 aromatic rings. The van der Waals surface area contributed by atoms with Crippen molar-refractivity contribution in [2.24, 2.45) is 0 Å². The molecular weight excluding hydrogens is 238 g/mol. The van der Waals surface area contributed by atoms with Crippen LogP contribution in [0.25, 0.3) is 16.5 Å². The number of aromatic nitrogens is 1. The molecule has 3 heteroatoms. The lowest BCUT2D eigenvalue weighted by molar-refractivity contribution is 0.173. The molecule has 19 heavy (non-hydrogen) atoms. The maximum absolute atomic E-state index is 5.57. The summed E-state index contributed by atoms with van der Waals surface area (Å²) in [5.74, 6) is 1.64. The molecule has 0 aliphatic carbocycles. The molecule has 0 saturated carbocycles. The molecule has 0 radical (unpaired) electrons. The van der Waals surface area contributed by atoms with E-state index in [0.717, 1.165) is 17.2 Å². The van der Waals surface area contributed by atoms with Gasteiger partial charge in [0.15, 0.2) is 11.5 Å². The van der Waals surface area contributed by atoms with Crippen LogP contribution >= 0.6 is 0 Å². The first kappa shape index (κ1) is 10.5. The topological polar surface area (TPSA) is 23.4 Å². The summed E-state index contributed by atoms with van der Waals surface area (Å²) in [4.78, 5) is 0. The summed E-state index contributed by atoms with van der Waals surface area (Å²) in [6.07, 6.45) is 3.94. The molecule has 1 aromatic heterocycles. The highest BCUT2D eigenvalue weighted by atomic mass is 16.6. The Bertz CT molecular complexity index is 722. The Balaban J connectivity index is 1.83. The van der Waals surface area contributed by atoms with E-state index in [1.807, 2.05) is 17.0 Å². The molecule has 4 rings (SSSR count). The second-order valence-electron chi connectivity index (χ2n) is 4.62. The Morgan fingerprint density at radius 2 is 1.47 bits per heavy atom. The maximum atomic E-state index is 5.57. The minimum absolute atomic E-state index is 0.620. The van der Waals surface area contributed by atoms with Crippen LogP contribution in [0.1, 0.15) is 0 Å². The molecule has 94 valence electrons. The van der Waals surface area contributed by atoms with Crippen LogP contribution in [-0.4, -0.2) is 17.8 Å². The van der Waals surface area contributed by atoms with Crippen molar-refractivity contribution in [3.05, 3.63) is 54.9 Å². The third-order valence-electron chi connectivity index (χ3n) is 3.39. The minimum Gasteiger partial charge on any atom is -0.485 e. The fraction of sp³-hybridized carbons (Fsp3) is 0.125. The lowest BCUT2D eigenvalue weighted by Gasteiger charge is -2.13. The number of hydrogen-bond donors (Lipinski definition) is 0. The van der Waals surface area contributed by atoms with Gasteiger partial charge in [-0.2, -0.15) is 0 Å². The van der Waals surface area contributed by atoms with Crippen LogP contribution in [0.3, 0.4) is 0 Å². The molecule has 0 atom stereocenters. The standard InChI is InChI=1S/C16H13NO2/c1-2-4-13-9-14(6-5-12(13)3-1)17-10-15-16(11-17)19-8-7-18-15/h1-6,9-11H,7-8H2. The second-order valence-corrected chi connectivity index (χ2v) is 4.62. The average Bonchev–Trinajstić information content (AvgIpc) is 2.90. The predicted molar refractivity (Wildman–Crippen MR) is 74.3 cm³/mol. The summed E-state index contributed by atoms with van der Waals surface area (Å²) in [6, 6.07) is 14.7. The van der Waals surface area contributed by atoms with Crippen molar-refractivity contribution in [3.8, 4) is 17.2 Å².